The smallest absolute Gasteiger partial charge is 0.169 e. The van der Waals surface area contributed by atoms with Crippen LogP contribution in [0.2, 0.25) is 5.02 Å². The maximum atomic E-state index is 14.0. The molecule has 0 unspecified atom stereocenters. The molecule has 2 aliphatic carbocycles. The largest absolute Gasteiger partial charge is 0.295 e. The minimum atomic E-state index is -1.57. The molecule has 0 bridgehead atoms. The number of nitriles is 1. The van der Waals surface area contributed by atoms with Crippen LogP contribution in [0.3, 0.4) is 0 Å². The molecule has 0 saturated heterocycles. The highest BCUT2D eigenvalue weighted by Crippen LogP contribution is 2.44. The second-order valence-corrected chi connectivity index (χ2v) is 8.79. The Bertz CT molecular complexity index is 973. The summed E-state index contributed by atoms with van der Waals surface area (Å²) in [6.45, 7) is 0. The molecule has 0 spiro atoms. The molecule has 2 aliphatic rings. The summed E-state index contributed by atoms with van der Waals surface area (Å²) in [6.07, 6.45) is 5.64. The van der Waals surface area contributed by atoms with E-state index in [0.717, 1.165) is 29.5 Å². The van der Waals surface area contributed by atoms with Gasteiger partial charge in [0.25, 0.3) is 0 Å². The number of nitrogens with zero attached hydrogens (tertiary/aromatic N) is 3. The van der Waals surface area contributed by atoms with E-state index in [-0.39, 0.29) is 10.1 Å². The van der Waals surface area contributed by atoms with Gasteiger partial charge in [-0.05, 0) is 55.5 Å². The van der Waals surface area contributed by atoms with Crippen molar-refractivity contribution in [3.63, 3.8) is 0 Å². The van der Waals surface area contributed by atoms with Crippen molar-refractivity contribution in [3.8, 4) is 6.07 Å². The van der Waals surface area contributed by atoms with Crippen LogP contribution in [0.5, 0.6) is 0 Å². The van der Waals surface area contributed by atoms with Gasteiger partial charge in [0.15, 0.2) is 11.5 Å². The minimum Gasteiger partial charge on any atom is -0.295 e. The fraction of sp³-hybridized carbons (Fsp3) is 0.375. The molecule has 26 heavy (non-hydrogen) atoms. The molecule has 0 aliphatic heterocycles. The fourth-order valence-electron chi connectivity index (χ4n) is 2.35. The van der Waals surface area contributed by atoms with Gasteiger partial charge in [-0.2, -0.15) is 5.26 Å². The van der Waals surface area contributed by atoms with Crippen LogP contribution in [0.1, 0.15) is 31.5 Å². The molecule has 2 aromatic rings. The first-order chi connectivity index (χ1) is 12.4. The Hall–Kier alpha value is -1.60. The first-order valence-electron chi connectivity index (χ1n) is 7.92. The number of thioether (sulfide) groups is 1. The Balaban J connectivity index is 1.58. The third-order valence-electron chi connectivity index (χ3n) is 4.40. The van der Waals surface area contributed by atoms with Crippen molar-refractivity contribution in [1.82, 2.24) is 14.1 Å². The van der Waals surface area contributed by atoms with Gasteiger partial charge in [-0.1, -0.05) is 11.6 Å². The molecule has 4 rings (SSSR count). The molecule has 2 saturated carbocycles. The number of hydrogen-bond donors (Lipinski definition) is 3. The zero-order valence-electron chi connectivity index (χ0n) is 13.5. The highest BCUT2D eigenvalue weighted by atomic mass is 35.5. The number of alkyl halides is 1. The molecule has 0 radical (unpaired) electrons. The maximum absolute atomic E-state index is 14.0. The fourth-order valence-corrected chi connectivity index (χ4v) is 4.40. The number of pyridine rings is 1. The molecular weight excluding hydrogens is 395 g/mol. The lowest BCUT2D eigenvalue weighted by Gasteiger charge is -2.11. The number of aromatic nitrogens is 2. The van der Waals surface area contributed by atoms with E-state index in [0.29, 0.717) is 29.2 Å². The third kappa shape index (κ3) is 3.22. The highest BCUT2D eigenvalue weighted by molar-refractivity contribution is 8.27. The van der Waals surface area contributed by atoms with Crippen LogP contribution < -0.4 is 4.72 Å². The molecule has 0 atom stereocenters. The van der Waals surface area contributed by atoms with Crippen molar-refractivity contribution in [1.29, 1.82) is 16.1 Å². The Morgan fingerprint density at radius 3 is 2.73 bits per heavy atom. The summed E-state index contributed by atoms with van der Waals surface area (Å²) in [7, 11) is 0. The number of halogens is 2. The standard InChI is InChI=1S/C16H14ClFN6S2/c17-10-5-9(26-23-15(8-19)1-2-15)7-24-11(10)6-22-13(24)12(20)25-14(21)16(18)3-4-16/h5-7,20-21,23H,1-4H2. The van der Waals surface area contributed by atoms with Gasteiger partial charge in [0.1, 0.15) is 15.6 Å². The molecule has 2 fully saturated rings. The monoisotopic (exact) mass is 408 g/mol. The number of rotatable bonds is 5. The number of imidazole rings is 1. The van der Waals surface area contributed by atoms with E-state index >= 15 is 0 Å². The summed E-state index contributed by atoms with van der Waals surface area (Å²) in [5.74, 6) is 0.310. The molecule has 6 nitrogen and oxygen atoms in total. The van der Waals surface area contributed by atoms with Crippen molar-refractivity contribution in [2.24, 2.45) is 0 Å². The SMILES string of the molecule is N#CC1(NSc2cc(Cl)c3cnc(C(=N)SC(=N)C4(F)CC4)n3c2)CC1. The highest BCUT2D eigenvalue weighted by Gasteiger charge is 2.48. The van der Waals surface area contributed by atoms with E-state index in [9.17, 15) is 4.39 Å². The van der Waals surface area contributed by atoms with Crippen LogP contribution in [0.25, 0.3) is 5.52 Å². The van der Waals surface area contributed by atoms with Gasteiger partial charge >= 0.3 is 0 Å². The average Bonchev–Trinajstić information content (AvgIpc) is 3.51. The van der Waals surface area contributed by atoms with Crippen molar-refractivity contribution < 1.29 is 4.39 Å². The summed E-state index contributed by atoms with van der Waals surface area (Å²) in [5, 5.41) is 25.5. The Morgan fingerprint density at radius 2 is 2.12 bits per heavy atom. The topological polar surface area (TPSA) is 101 Å². The van der Waals surface area contributed by atoms with Crippen LogP contribution in [0.15, 0.2) is 23.4 Å². The van der Waals surface area contributed by atoms with E-state index < -0.39 is 11.2 Å². The minimum absolute atomic E-state index is 0.000730. The molecular formula is C16H14ClFN6S2. The quantitative estimate of drug-likeness (QED) is 0.391. The first-order valence-corrected chi connectivity index (χ1v) is 9.94. The number of nitrogens with one attached hydrogen (secondary N) is 3. The summed E-state index contributed by atoms with van der Waals surface area (Å²) in [6, 6.07) is 4.03. The van der Waals surface area contributed by atoms with E-state index in [1.807, 2.05) is 0 Å². The van der Waals surface area contributed by atoms with E-state index in [1.165, 1.54) is 11.9 Å². The van der Waals surface area contributed by atoms with Crippen molar-refractivity contribution >= 4 is 50.9 Å². The molecule has 10 heteroatoms. The summed E-state index contributed by atoms with van der Waals surface area (Å²) in [5.41, 5.74) is -1.41. The lowest BCUT2D eigenvalue weighted by Crippen LogP contribution is -2.22. The normalized spacial score (nSPS) is 19.1. The summed E-state index contributed by atoms with van der Waals surface area (Å²) < 4.78 is 18.8. The molecule has 3 N–H and O–H groups in total. The van der Waals surface area contributed by atoms with Crippen molar-refractivity contribution in [2.75, 3.05) is 0 Å². The van der Waals surface area contributed by atoms with Gasteiger partial charge in [-0.15, -0.1) is 0 Å². The Labute approximate surface area is 162 Å². The molecule has 0 aromatic carbocycles. The van der Waals surface area contributed by atoms with Gasteiger partial charge in [0, 0.05) is 11.1 Å². The third-order valence-corrected chi connectivity index (χ3v) is 6.61. The van der Waals surface area contributed by atoms with Gasteiger partial charge in [-0.3, -0.25) is 15.2 Å². The van der Waals surface area contributed by atoms with E-state index in [1.54, 1.807) is 22.9 Å². The molecule has 0 amide bonds. The van der Waals surface area contributed by atoms with Gasteiger partial charge in [0.05, 0.1) is 22.8 Å². The zero-order chi connectivity index (χ0) is 18.5. The zero-order valence-corrected chi connectivity index (χ0v) is 15.9. The van der Waals surface area contributed by atoms with Crippen LogP contribution in [0.4, 0.5) is 4.39 Å². The second kappa shape index (κ2) is 6.23. The van der Waals surface area contributed by atoms with Gasteiger partial charge in [-0.25, -0.2) is 14.1 Å². The summed E-state index contributed by atoms with van der Waals surface area (Å²) >= 11 is 8.42. The van der Waals surface area contributed by atoms with Gasteiger partial charge in [0.2, 0.25) is 0 Å². The average molecular weight is 409 g/mol. The van der Waals surface area contributed by atoms with Crippen molar-refractivity contribution in [2.45, 2.75) is 41.8 Å². The Morgan fingerprint density at radius 1 is 1.38 bits per heavy atom. The second-order valence-electron chi connectivity index (χ2n) is 6.48. The predicted octanol–water partition coefficient (Wildman–Crippen LogP) is 4.18. The van der Waals surface area contributed by atoms with E-state index in [4.69, 9.17) is 27.7 Å². The van der Waals surface area contributed by atoms with Crippen LogP contribution >= 0.6 is 35.3 Å². The lowest BCUT2D eigenvalue weighted by molar-refractivity contribution is 0.410. The predicted molar refractivity (Wildman–Crippen MR) is 102 cm³/mol. The van der Waals surface area contributed by atoms with Crippen LogP contribution in [-0.2, 0) is 0 Å². The lowest BCUT2D eigenvalue weighted by atomic mass is 10.3. The molecule has 2 heterocycles. The maximum Gasteiger partial charge on any atom is 0.169 e. The van der Waals surface area contributed by atoms with Crippen LogP contribution in [-0.4, -0.2) is 30.7 Å². The van der Waals surface area contributed by atoms with Gasteiger partial charge < -0.3 is 0 Å². The van der Waals surface area contributed by atoms with E-state index in [2.05, 4.69) is 15.8 Å². The molecule has 134 valence electrons. The Kier molecular flexibility index (Phi) is 4.27. The molecule has 2 aromatic heterocycles. The van der Waals surface area contributed by atoms with Crippen LogP contribution in [0, 0.1) is 22.1 Å². The summed E-state index contributed by atoms with van der Waals surface area (Å²) in [4.78, 5) is 5.00. The number of hydrogen-bond acceptors (Lipinski definition) is 7. The van der Waals surface area contributed by atoms with Crippen molar-refractivity contribution in [3.05, 3.63) is 29.3 Å². The number of fused-ring (bicyclic) bond motifs is 1. The first kappa shape index (κ1) is 17.8.